The molecule has 1 radical (unpaired) electrons. The fourth-order valence-corrected chi connectivity index (χ4v) is 1.67. The summed E-state index contributed by atoms with van der Waals surface area (Å²) in [4.78, 5) is 5.09. The molecule has 0 amide bonds. The minimum atomic E-state index is 0.758. The summed E-state index contributed by atoms with van der Waals surface area (Å²) >= 11 is 6.08. The lowest BCUT2D eigenvalue weighted by atomic mass is 10.2. The normalized spacial score (nSPS) is 10.7. The number of nitrogens with one attached hydrogen (secondary N) is 1. The fraction of sp³-hybridized carbons (Fsp3) is 0.200. The van der Waals surface area contributed by atoms with Crippen LogP contribution in [0.1, 0.15) is 0 Å². The van der Waals surface area contributed by atoms with Crippen molar-refractivity contribution in [1.82, 2.24) is 4.98 Å². The van der Waals surface area contributed by atoms with Gasteiger partial charge in [-0.05, 0) is 12.1 Å². The average molecular weight is 194 g/mol. The smallest absolute Gasteiger partial charge is 0.0647 e. The topological polar surface area (TPSA) is 19.0 Å². The van der Waals surface area contributed by atoms with Gasteiger partial charge in [-0.3, -0.25) is 0 Å². The van der Waals surface area contributed by atoms with Gasteiger partial charge in [-0.2, -0.15) is 0 Å². The predicted octanol–water partition coefficient (Wildman–Crippen LogP) is 2.69. The van der Waals surface area contributed by atoms with Crippen LogP contribution in [0.2, 0.25) is 5.02 Å². The third-order valence-electron chi connectivity index (χ3n) is 2.02. The maximum atomic E-state index is 6.08. The van der Waals surface area contributed by atoms with Gasteiger partial charge < -0.3 is 9.88 Å². The van der Waals surface area contributed by atoms with Crippen molar-refractivity contribution in [1.29, 1.82) is 0 Å². The van der Waals surface area contributed by atoms with Crippen LogP contribution < -0.4 is 4.90 Å². The first-order valence-corrected chi connectivity index (χ1v) is 4.42. The standard InChI is InChI=1S/C10H10ClN2/c1-13(2)10-6-9-7(3-4-12-9)5-8(10)11/h4-6,12H,1-2H3. The van der Waals surface area contributed by atoms with Crippen LogP contribution in [0.3, 0.4) is 0 Å². The first-order chi connectivity index (χ1) is 6.18. The van der Waals surface area contributed by atoms with E-state index >= 15 is 0 Å². The monoisotopic (exact) mass is 193 g/mol. The van der Waals surface area contributed by atoms with E-state index in [1.54, 1.807) is 6.20 Å². The highest BCUT2D eigenvalue weighted by Crippen LogP contribution is 2.28. The Morgan fingerprint density at radius 3 is 2.85 bits per heavy atom. The molecule has 67 valence electrons. The minimum absolute atomic E-state index is 0.758. The molecule has 0 aliphatic carbocycles. The summed E-state index contributed by atoms with van der Waals surface area (Å²) < 4.78 is 0. The number of aromatic nitrogens is 1. The fourth-order valence-electron chi connectivity index (χ4n) is 1.33. The van der Waals surface area contributed by atoms with Crippen molar-refractivity contribution in [2.45, 2.75) is 0 Å². The molecule has 1 aromatic heterocycles. The van der Waals surface area contributed by atoms with Crippen LogP contribution in [-0.4, -0.2) is 19.1 Å². The van der Waals surface area contributed by atoms with E-state index in [1.165, 1.54) is 0 Å². The zero-order chi connectivity index (χ0) is 9.42. The molecule has 0 aliphatic rings. The second-order valence-electron chi connectivity index (χ2n) is 3.18. The van der Waals surface area contributed by atoms with E-state index in [1.807, 2.05) is 31.1 Å². The summed E-state index contributed by atoms with van der Waals surface area (Å²) in [6.07, 6.45) is 1.79. The molecule has 0 aliphatic heterocycles. The van der Waals surface area contributed by atoms with Gasteiger partial charge >= 0.3 is 0 Å². The van der Waals surface area contributed by atoms with E-state index in [9.17, 15) is 0 Å². The molecular formula is C10H10ClN2. The van der Waals surface area contributed by atoms with E-state index in [-0.39, 0.29) is 0 Å². The summed E-state index contributed by atoms with van der Waals surface area (Å²) in [7, 11) is 3.94. The third kappa shape index (κ3) is 1.38. The van der Waals surface area contributed by atoms with E-state index in [0.717, 1.165) is 21.6 Å². The van der Waals surface area contributed by atoms with Gasteiger partial charge in [0.25, 0.3) is 0 Å². The van der Waals surface area contributed by atoms with Crippen molar-refractivity contribution in [3.63, 3.8) is 0 Å². The van der Waals surface area contributed by atoms with E-state index < -0.39 is 0 Å². The number of H-pyrrole nitrogens is 1. The molecule has 2 aromatic rings. The highest BCUT2D eigenvalue weighted by molar-refractivity contribution is 6.34. The Labute approximate surface area is 82.1 Å². The third-order valence-corrected chi connectivity index (χ3v) is 2.33. The molecule has 0 spiro atoms. The zero-order valence-corrected chi connectivity index (χ0v) is 8.31. The Bertz CT molecular complexity index is 431. The molecule has 2 nitrogen and oxygen atoms in total. The number of anilines is 1. The SMILES string of the molecule is CN(C)c1cc2[nH]c[c]c2cc1Cl. The first kappa shape index (κ1) is 8.45. The summed E-state index contributed by atoms with van der Waals surface area (Å²) in [6.45, 7) is 0. The lowest BCUT2D eigenvalue weighted by Gasteiger charge is -2.14. The average Bonchev–Trinajstić information content (AvgIpc) is 2.48. The van der Waals surface area contributed by atoms with E-state index in [0.29, 0.717) is 0 Å². The van der Waals surface area contributed by atoms with Crippen LogP contribution in [0.25, 0.3) is 10.9 Å². The van der Waals surface area contributed by atoms with Crippen LogP contribution in [-0.2, 0) is 0 Å². The second-order valence-corrected chi connectivity index (χ2v) is 3.58. The van der Waals surface area contributed by atoms with Gasteiger partial charge in [0, 0.05) is 37.3 Å². The molecule has 0 atom stereocenters. The molecule has 1 heterocycles. The van der Waals surface area contributed by atoms with Gasteiger partial charge in [-0.1, -0.05) is 11.6 Å². The molecule has 0 bridgehead atoms. The van der Waals surface area contributed by atoms with E-state index in [4.69, 9.17) is 11.6 Å². The molecule has 0 saturated heterocycles. The van der Waals surface area contributed by atoms with Crippen molar-refractivity contribution >= 4 is 28.2 Å². The number of nitrogens with zero attached hydrogens (tertiary/aromatic N) is 1. The molecule has 0 saturated carbocycles. The Balaban J connectivity index is 2.69. The maximum Gasteiger partial charge on any atom is 0.0647 e. The lowest BCUT2D eigenvalue weighted by Crippen LogP contribution is -2.08. The largest absolute Gasteiger partial charge is 0.376 e. The van der Waals surface area contributed by atoms with Crippen LogP contribution >= 0.6 is 11.6 Å². The van der Waals surface area contributed by atoms with Crippen molar-refractivity contribution in [3.8, 4) is 0 Å². The number of fused-ring (bicyclic) bond motifs is 1. The lowest BCUT2D eigenvalue weighted by molar-refractivity contribution is 1.13. The highest BCUT2D eigenvalue weighted by Gasteiger charge is 2.04. The number of benzene rings is 1. The van der Waals surface area contributed by atoms with Gasteiger partial charge in [0.1, 0.15) is 0 Å². The molecule has 2 rings (SSSR count). The van der Waals surface area contributed by atoms with Crippen LogP contribution in [0.4, 0.5) is 5.69 Å². The maximum absolute atomic E-state index is 6.08. The van der Waals surface area contributed by atoms with Crippen LogP contribution in [0, 0.1) is 6.07 Å². The van der Waals surface area contributed by atoms with Crippen LogP contribution in [0.15, 0.2) is 18.3 Å². The summed E-state index contributed by atoms with van der Waals surface area (Å²) in [5.41, 5.74) is 2.08. The van der Waals surface area contributed by atoms with Gasteiger partial charge in [0.2, 0.25) is 0 Å². The zero-order valence-electron chi connectivity index (χ0n) is 7.56. The first-order valence-electron chi connectivity index (χ1n) is 4.04. The molecule has 3 heteroatoms. The van der Waals surface area contributed by atoms with Crippen LogP contribution in [0.5, 0.6) is 0 Å². The number of halogens is 1. The molecule has 13 heavy (non-hydrogen) atoms. The predicted molar refractivity (Wildman–Crippen MR) is 56.5 cm³/mol. The second kappa shape index (κ2) is 2.96. The number of rotatable bonds is 1. The Kier molecular flexibility index (Phi) is 1.93. The number of aromatic amines is 1. The van der Waals surface area contributed by atoms with Gasteiger partial charge in [0.05, 0.1) is 10.7 Å². The van der Waals surface area contributed by atoms with Gasteiger partial charge in [-0.15, -0.1) is 0 Å². The molecule has 1 aromatic carbocycles. The highest BCUT2D eigenvalue weighted by atomic mass is 35.5. The van der Waals surface area contributed by atoms with Crippen molar-refractivity contribution < 1.29 is 0 Å². The number of hydrogen-bond acceptors (Lipinski definition) is 1. The Morgan fingerprint density at radius 2 is 2.15 bits per heavy atom. The number of hydrogen-bond donors (Lipinski definition) is 1. The molecule has 1 N–H and O–H groups in total. The van der Waals surface area contributed by atoms with E-state index in [2.05, 4.69) is 11.1 Å². The molecule has 0 unspecified atom stereocenters. The Hall–Kier alpha value is -1.15. The summed E-state index contributed by atoms with van der Waals surface area (Å²) in [5.74, 6) is 0. The van der Waals surface area contributed by atoms with Gasteiger partial charge in [0.15, 0.2) is 0 Å². The quantitative estimate of drug-likeness (QED) is 0.738. The molecular weight excluding hydrogens is 184 g/mol. The van der Waals surface area contributed by atoms with Crippen molar-refractivity contribution in [2.75, 3.05) is 19.0 Å². The van der Waals surface area contributed by atoms with Gasteiger partial charge in [-0.25, -0.2) is 0 Å². The van der Waals surface area contributed by atoms with Crippen molar-refractivity contribution in [3.05, 3.63) is 29.4 Å². The molecule has 0 fully saturated rings. The summed E-state index contributed by atoms with van der Waals surface area (Å²) in [6, 6.07) is 7.01. The summed E-state index contributed by atoms with van der Waals surface area (Å²) in [5, 5.41) is 1.78. The minimum Gasteiger partial charge on any atom is -0.376 e. The Morgan fingerprint density at radius 1 is 1.38 bits per heavy atom. The van der Waals surface area contributed by atoms with Crippen molar-refractivity contribution in [2.24, 2.45) is 0 Å².